The lowest BCUT2D eigenvalue weighted by Crippen LogP contribution is -2.68. The molecule has 0 spiro atoms. The van der Waals surface area contributed by atoms with Gasteiger partial charge < -0.3 is 58.0 Å². The number of phosphoric ester groups is 2. The highest BCUT2D eigenvalue weighted by molar-refractivity contribution is 7.48. The van der Waals surface area contributed by atoms with E-state index in [9.17, 15) is 19.2 Å². The van der Waals surface area contributed by atoms with E-state index < -0.39 is 157 Å². The average Bonchev–Trinajstić information content (AvgIpc) is 0.957. The highest BCUT2D eigenvalue weighted by Gasteiger charge is 2.57. The first-order valence-corrected chi connectivity index (χ1v) is 40.7. The molecular weight excluding hydrogens is 1460 g/mol. The van der Waals surface area contributed by atoms with Crippen molar-refractivity contribution in [3.05, 3.63) is 215 Å². The molecule has 596 valence electrons. The van der Waals surface area contributed by atoms with Gasteiger partial charge in [0, 0.05) is 19.3 Å². The Bertz CT molecular complexity index is 3830. The Morgan fingerprint density at radius 2 is 0.873 bits per heavy atom. The van der Waals surface area contributed by atoms with Crippen LogP contribution in [0.15, 0.2) is 176 Å². The Balaban J connectivity index is 1.19. The number of esters is 4. The highest BCUT2D eigenvalue weighted by atomic mass is 31.2. The number of hydrogen-bond acceptors (Lipinski definition) is 24. The van der Waals surface area contributed by atoms with Crippen molar-refractivity contribution in [2.45, 2.75) is 239 Å². The molecule has 110 heavy (non-hydrogen) atoms. The molecule has 0 saturated carbocycles. The van der Waals surface area contributed by atoms with E-state index in [1.165, 1.54) is 0 Å². The second kappa shape index (κ2) is 44.4. The van der Waals surface area contributed by atoms with Crippen molar-refractivity contribution in [3.63, 3.8) is 0 Å². The maximum atomic E-state index is 15.9. The molecule has 0 bridgehead atoms. The summed E-state index contributed by atoms with van der Waals surface area (Å²) in [5.41, 5.74) is 4.66. The molecule has 28 heteroatoms. The first-order valence-electron chi connectivity index (χ1n) is 37.8. The maximum absolute atomic E-state index is 15.9. The number of ether oxygens (including phenoxy) is 10. The number of amides is 2. The molecule has 0 radical (unpaired) electrons. The van der Waals surface area contributed by atoms with E-state index in [2.05, 4.69) is 10.6 Å². The van der Waals surface area contributed by atoms with Crippen LogP contribution in [0.4, 0.5) is 0 Å². The highest BCUT2D eigenvalue weighted by Crippen LogP contribution is 2.56. The lowest BCUT2D eigenvalue weighted by Gasteiger charge is -2.48. The third-order valence-electron chi connectivity index (χ3n) is 18.7. The molecule has 2 saturated heterocycles. The van der Waals surface area contributed by atoms with Crippen LogP contribution in [0.1, 0.15) is 152 Å². The Morgan fingerprint density at radius 1 is 0.455 bits per heavy atom. The summed E-state index contributed by atoms with van der Waals surface area (Å²) in [5, 5.41) is 5.97. The maximum Gasteiger partial charge on any atom is 0.477 e. The van der Waals surface area contributed by atoms with Crippen LogP contribution in [-0.4, -0.2) is 129 Å². The molecule has 4 unspecified atom stereocenters. The fraction of sp³-hybridized carbons (Fsp3) is 0.488. The Hall–Kier alpha value is -7.88. The van der Waals surface area contributed by atoms with Gasteiger partial charge in [0.15, 0.2) is 24.8 Å². The van der Waals surface area contributed by atoms with Gasteiger partial charge in [0.25, 0.3) is 0 Å². The van der Waals surface area contributed by atoms with E-state index in [-0.39, 0.29) is 90.7 Å². The minimum atomic E-state index is -4.97. The van der Waals surface area contributed by atoms with Crippen LogP contribution in [0.2, 0.25) is 0 Å². The monoisotopic (exact) mass is 1560 g/mol. The Morgan fingerprint density at radius 3 is 1.36 bits per heavy atom. The molecule has 6 aromatic carbocycles. The van der Waals surface area contributed by atoms with Gasteiger partial charge in [0.05, 0.1) is 84.8 Å². The van der Waals surface area contributed by atoms with Crippen molar-refractivity contribution in [1.82, 2.24) is 10.6 Å². The van der Waals surface area contributed by atoms with E-state index in [0.29, 0.717) is 40.7 Å². The summed E-state index contributed by atoms with van der Waals surface area (Å²) >= 11 is 0. The largest absolute Gasteiger partial charge is 0.477 e. The molecular formula is C82H104N2O24P2. The number of carbonyl (C=O) groups excluding carboxylic acids is 6. The van der Waals surface area contributed by atoms with Crippen molar-refractivity contribution in [1.29, 1.82) is 0 Å². The molecule has 6 aromatic rings. The van der Waals surface area contributed by atoms with E-state index in [1.54, 1.807) is 137 Å². The fourth-order valence-electron chi connectivity index (χ4n) is 12.2. The van der Waals surface area contributed by atoms with Gasteiger partial charge in [-0.15, -0.1) is 0 Å². The fourth-order valence-corrected chi connectivity index (χ4v) is 14.8. The van der Waals surface area contributed by atoms with Gasteiger partial charge in [-0.3, -0.25) is 55.9 Å². The summed E-state index contributed by atoms with van der Waals surface area (Å²) in [7, 11) is -9.77. The van der Waals surface area contributed by atoms with Gasteiger partial charge in [-0.25, -0.2) is 9.13 Å². The number of rotatable bonds is 43. The van der Waals surface area contributed by atoms with Gasteiger partial charge in [0.2, 0.25) is 11.8 Å². The summed E-state index contributed by atoms with van der Waals surface area (Å²) in [6.07, 6.45) is -16.4. The SMILES string of the molecule is CCC(=O)O[C@H](CC)CC(=O)NC1[C@H](OCC2O[C@@H](OP(=O)(OCc3ccccc3)OCc3ccccc3)C(NC(=O)C[C@H](C)CC)[C@@H](OC(=O)C[C@@H](CC)OCc3ccccc3)[C@H]2OCc2ccccc2)OC(COCc2ccccc2)[C@H](OP2(=O)OCc3ccccc3CO2)[C@@H]1OC(=O)C[C@@H](CC)OC(=O)CC. The van der Waals surface area contributed by atoms with E-state index in [4.69, 9.17) is 74.5 Å². The zero-order chi connectivity index (χ0) is 78.3. The van der Waals surface area contributed by atoms with E-state index in [1.807, 2.05) is 87.5 Å². The molecule has 0 aromatic heterocycles. The van der Waals surface area contributed by atoms with Gasteiger partial charge in [0.1, 0.15) is 48.7 Å². The third kappa shape index (κ3) is 27.2. The lowest BCUT2D eigenvalue weighted by atomic mass is 9.94. The predicted octanol–water partition coefficient (Wildman–Crippen LogP) is 13.9. The first kappa shape index (κ1) is 86.1. The zero-order valence-corrected chi connectivity index (χ0v) is 65.2. The first-order chi connectivity index (χ1) is 53.3. The minimum Gasteiger partial charge on any atom is -0.462 e. The summed E-state index contributed by atoms with van der Waals surface area (Å²) in [6.45, 7) is 9.96. The molecule has 2 N–H and O–H groups in total. The average molecular weight is 1560 g/mol. The summed E-state index contributed by atoms with van der Waals surface area (Å²) in [6, 6.07) is 49.0. The number of phosphoric acid groups is 2. The van der Waals surface area contributed by atoms with Gasteiger partial charge in [-0.1, -0.05) is 231 Å². The lowest BCUT2D eigenvalue weighted by molar-refractivity contribution is -0.303. The smallest absolute Gasteiger partial charge is 0.462 e. The van der Waals surface area contributed by atoms with Crippen LogP contribution in [0, 0.1) is 5.92 Å². The normalized spacial score (nSPS) is 22.1. The number of carbonyl (C=O) groups is 6. The van der Waals surface area contributed by atoms with Crippen LogP contribution in [-0.2, 0) is 159 Å². The standard InChI is InChI=1S/C82H104N2O24P2/c1-8-56(7)43-69(85)83-76-79(105-73(89)45-64(9-2)94-48-58-33-21-15-22-34-58)77(95-49-59-35-23-16-24-36-59)68(104-82(76)108-110(92,97-50-60-37-25-17-26-38-60)98-51-61-39-27-18-28-40-61)55-96-81-75(84-70(86)44-65(10-3)101-71(87)12-5)80(106-74(90)46-66(11-4)102-72(88)13-6)78(67(103-81)54-93-47-57-31-19-14-20-32-57)107-109(91)99-52-62-41-29-30-42-63(62)53-100-109/h14-42,56,64-68,75-82H,8-13,43-55H2,1-7H3,(H,83,85)(H,84,86)/t56-,64-,65-,66-,67?,68?,75?,76?,77+,78+,79-,80-,81-,82+/m1/s1. The minimum absolute atomic E-state index is 0.00525. The molecule has 9 rings (SSSR count). The van der Waals surface area contributed by atoms with Crippen LogP contribution in [0.3, 0.4) is 0 Å². The number of hydrogen-bond donors (Lipinski definition) is 2. The van der Waals surface area contributed by atoms with E-state index >= 15 is 18.7 Å². The van der Waals surface area contributed by atoms with Crippen molar-refractivity contribution >= 4 is 51.3 Å². The van der Waals surface area contributed by atoms with E-state index in [0.717, 1.165) is 11.1 Å². The third-order valence-corrected chi connectivity index (χ3v) is 21.5. The molecule has 3 aliphatic heterocycles. The number of fused-ring (bicyclic) bond motifs is 1. The zero-order valence-electron chi connectivity index (χ0n) is 63.5. The summed E-state index contributed by atoms with van der Waals surface area (Å²) < 4.78 is 135. The van der Waals surface area contributed by atoms with Crippen LogP contribution in [0.5, 0.6) is 0 Å². The summed E-state index contributed by atoms with van der Waals surface area (Å²) in [5.74, 6) is -4.47. The molecule has 14 atom stereocenters. The topological polar surface area (TPSA) is 308 Å². The second-order valence-corrected chi connectivity index (χ2v) is 30.3. The molecule has 3 aliphatic rings. The number of benzene rings is 6. The van der Waals surface area contributed by atoms with Crippen molar-refractivity contribution in [3.8, 4) is 0 Å². The Labute approximate surface area is 643 Å². The van der Waals surface area contributed by atoms with Gasteiger partial charge in [-0.2, -0.15) is 0 Å². The predicted molar refractivity (Wildman–Crippen MR) is 402 cm³/mol. The second-order valence-electron chi connectivity index (χ2n) is 27.1. The molecule has 26 nitrogen and oxygen atoms in total. The van der Waals surface area contributed by atoms with Gasteiger partial charge in [-0.05, 0) is 64.1 Å². The quantitative estimate of drug-likeness (QED) is 0.0204. The van der Waals surface area contributed by atoms with Crippen molar-refractivity contribution in [2.24, 2.45) is 5.92 Å². The van der Waals surface area contributed by atoms with Crippen molar-refractivity contribution in [2.75, 3.05) is 13.2 Å². The number of nitrogens with one attached hydrogen (secondary N) is 2. The van der Waals surface area contributed by atoms with Crippen LogP contribution in [0.25, 0.3) is 0 Å². The molecule has 0 aliphatic carbocycles. The van der Waals surface area contributed by atoms with Crippen LogP contribution >= 0.6 is 15.6 Å². The van der Waals surface area contributed by atoms with Crippen LogP contribution < -0.4 is 10.6 Å². The van der Waals surface area contributed by atoms with Gasteiger partial charge >= 0.3 is 39.5 Å². The Kier molecular flexibility index (Phi) is 34.7. The molecule has 3 heterocycles. The summed E-state index contributed by atoms with van der Waals surface area (Å²) in [4.78, 5) is 85.7. The molecule has 2 fully saturated rings. The molecule has 2 amide bonds. The van der Waals surface area contributed by atoms with Crippen molar-refractivity contribution < 1.29 is 112 Å².